The standard InChI is InChI=1S/C19H21N5/c20-9-12-7-14(8-12)24-11-15(19(23-24)13-5-6-13)18-10-21-16-3-1-2-4-17(16)22-18/h1-4,10-14H,5-9,20H2. The zero-order valence-corrected chi connectivity index (χ0v) is 13.6. The van der Waals surface area contributed by atoms with E-state index in [4.69, 9.17) is 15.8 Å². The first kappa shape index (κ1) is 14.1. The molecule has 0 radical (unpaired) electrons. The Morgan fingerprint density at radius 2 is 1.92 bits per heavy atom. The molecule has 3 aromatic rings. The first-order valence-electron chi connectivity index (χ1n) is 8.83. The van der Waals surface area contributed by atoms with Gasteiger partial charge in [0.15, 0.2) is 0 Å². The summed E-state index contributed by atoms with van der Waals surface area (Å²) in [5, 5.41) is 4.93. The van der Waals surface area contributed by atoms with E-state index in [0.29, 0.717) is 17.9 Å². The predicted molar refractivity (Wildman–Crippen MR) is 93.5 cm³/mol. The van der Waals surface area contributed by atoms with Crippen LogP contribution in [0.4, 0.5) is 0 Å². The largest absolute Gasteiger partial charge is 0.330 e. The number of hydrogen-bond donors (Lipinski definition) is 1. The molecule has 0 saturated heterocycles. The fourth-order valence-corrected chi connectivity index (χ4v) is 3.64. The Kier molecular flexibility index (Phi) is 3.16. The van der Waals surface area contributed by atoms with Crippen LogP contribution in [0, 0.1) is 5.92 Å². The maximum absolute atomic E-state index is 5.76. The van der Waals surface area contributed by atoms with Crippen molar-refractivity contribution in [1.29, 1.82) is 0 Å². The van der Waals surface area contributed by atoms with E-state index in [2.05, 4.69) is 15.9 Å². The molecule has 2 aliphatic carbocycles. The lowest BCUT2D eigenvalue weighted by Crippen LogP contribution is -2.32. The lowest BCUT2D eigenvalue weighted by Gasteiger charge is -2.34. The highest BCUT2D eigenvalue weighted by molar-refractivity contribution is 5.77. The van der Waals surface area contributed by atoms with Crippen LogP contribution < -0.4 is 5.73 Å². The van der Waals surface area contributed by atoms with E-state index in [1.165, 1.54) is 18.5 Å². The molecule has 1 aromatic carbocycles. The number of para-hydroxylation sites is 2. The second-order valence-electron chi connectivity index (χ2n) is 7.15. The van der Waals surface area contributed by atoms with Gasteiger partial charge in [-0.25, -0.2) is 4.98 Å². The molecule has 5 nitrogen and oxygen atoms in total. The maximum atomic E-state index is 5.76. The van der Waals surface area contributed by atoms with Gasteiger partial charge in [-0.15, -0.1) is 0 Å². The molecule has 2 heterocycles. The van der Waals surface area contributed by atoms with Crippen molar-refractivity contribution in [3.05, 3.63) is 42.4 Å². The summed E-state index contributed by atoms with van der Waals surface area (Å²) >= 11 is 0. The van der Waals surface area contributed by atoms with E-state index < -0.39 is 0 Å². The van der Waals surface area contributed by atoms with Gasteiger partial charge in [0.1, 0.15) is 0 Å². The highest BCUT2D eigenvalue weighted by Gasteiger charge is 2.34. The average molecular weight is 319 g/mol. The molecule has 5 rings (SSSR count). The van der Waals surface area contributed by atoms with E-state index in [1.54, 1.807) is 0 Å². The Balaban J connectivity index is 1.54. The van der Waals surface area contributed by atoms with Gasteiger partial charge in [0.05, 0.1) is 34.7 Å². The number of nitrogens with two attached hydrogens (primary N) is 1. The molecular weight excluding hydrogens is 298 g/mol. The summed E-state index contributed by atoms with van der Waals surface area (Å²) in [5.41, 5.74) is 10.9. The molecule has 24 heavy (non-hydrogen) atoms. The third-order valence-electron chi connectivity index (χ3n) is 5.37. The number of hydrogen-bond acceptors (Lipinski definition) is 4. The summed E-state index contributed by atoms with van der Waals surface area (Å²) in [6, 6.07) is 8.52. The lowest BCUT2D eigenvalue weighted by molar-refractivity contribution is 0.189. The maximum Gasteiger partial charge on any atom is 0.0927 e. The Hall–Kier alpha value is -2.27. The van der Waals surface area contributed by atoms with Gasteiger partial charge in [-0.1, -0.05) is 12.1 Å². The zero-order chi connectivity index (χ0) is 16.1. The normalized spacial score (nSPS) is 23.4. The highest BCUT2D eigenvalue weighted by atomic mass is 15.3. The third-order valence-corrected chi connectivity index (χ3v) is 5.37. The first-order chi connectivity index (χ1) is 11.8. The van der Waals surface area contributed by atoms with Gasteiger partial charge in [-0.2, -0.15) is 5.10 Å². The molecule has 0 unspecified atom stereocenters. The smallest absolute Gasteiger partial charge is 0.0927 e. The molecule has 5 heteroatoms. The minimum absolute atomic E-state index is 0.498. The number of rotatable bonds is 4. The molecule has 0 bridgehead atoms. The lowest BCUT2D eigenvalue weighted by atomic mass is 9.80. The Morgan fingerprint density at radius 3 is 2.67 bits per heavy atom. The van der Waals surface area contributed by atoms with Crippen molar-refractivity contribution in [3.63, 3.8) is 0 Å². The van der Waals surface area contributed by atoms with Gasteiger partial charge in [0.2, 0.25) is 0 Å². The van der Waals surface area contributed by atoms with Crippen molar-refractivity contribution in [2.75, 3.05) is 6.54 Å². The summed E-state index contributed by atoms with van der Waals surface area (Å²) < 4.78 is 2.16. The Morgan fingerprint density at radius 1 is 1.12 bits per heavy atom. The monoisotopic (exact) mass is 319 g/mol. The van der Waals surface area contributed by atoms with E-state index in [1.807, 2.05) is 30.5 Å². The molecule has 2 N–H and O–H groups in total. The van der Waals surface area contributed by atoms with Crippen LogP contribution in [0.1, 0.15) is 43.3 Å². The molecule has 2 fully saturated rings. The van der Waals surface area contributed by atoms with E-state index in [0.717, 1.165) is 41.7 Å². The van der Waals surface area contributed by atoms with Crippen LogP contribution in [-0.4, -0.2) is 26.3 Å². The summed E-state index contributed by atoms with van der Waals surface area (Å²) in [7, 11) is 0. The minimum Gasteiger partial charge on any atom is -0.330 e. The fourth-order valence-electron chi connectivity index (χ4n) is 3.64. The van der Waals surface area contributed by atoms with Crippen LogP contribution in [0.5, 0.6) is 0 Å². The second-order valence-corrected chi connectivity index (χ2v) is 7.15. The molecule has 2 saturated carbocycles. The number of fused-ring (bicyclic) bond motifs is 1. The van der Waals surface area contributed by atoms with E-state index in [9.17, 15) is 0 Å². The average Bonchev–Trinajstić information content (AvgIpc) is 3.33. The van der Waals surface area contributed by atoms with Crippen molar-refractivity contribution in [1.82, 2.24) is 19.7 Å². The number of benzene rings is 1. The Bertz CT molecular complexity index is 890. The SMILES string of the molecule is NCC1CC(n2cc(-c3cnc4ccccc4n3)c(C3CC3)n2)C1. The molecule has 0 spiro atoms. The van der Waals surface area contributed by atoms with Crippen molar-refractivity contribution in [3.8, 4) is 11.3 Å². The van der Waals surface area contributed by atoms with E-state index in [-0.39, 0.29) is 0 Å². The molecule has 0 atom stereocenters. The van der Waals surface area contributed by atoms with Crippen molar-refractivity contribution >= 4 is 11.0 Å². The first-order valence-corrected chi connectivity index (χ1v) is 8.83. The van der Waals surface area contributed by atoms with Crippen LogP contribution in [0.2, 0.25) is 0 Å². The van der Waals surface area contributed by atoms with E-state index >= 15 is 0 Å². The summed E-state index contributed by atoms with van der Waals surface area (Å²) in [6.45, 7) is 0.788. The molecule has 2 aromatic heterocycles. The van der Waals surface area contributed by atoms with Gasteiger partial charge in [-0.3, -0.25) is 9.67 Å². The minimum atomic E-state index is 0.498. The summed E-state index contributed by atoms with van der Waals surface area (Å²) in [5.74, 6) is 1.26. The zero-order valence-electron chi connectivity index (χ0n) is 13.6. The van der Waals surface area contributed by atoms with Crippen LogP contribution >= 0.6 is 0 Å². The third kappa shape index (κ3) is 2.31. The van der Waals surface area contributed by atoms with Gasteiger partial charge in [-0.05, 0) is 50.3 Å². The molecule has 0 aliphatic heterocycles. The topological polar surface area (TPSA) is 69.6 Å². The van der Waals surface area contributed by atoms with Gasteiger partial charge in [0, 0.05) is 17.7 Å². The number of aromatic nitrogens is 4. The second kappa shape index (κ2) is 5.38. The number of nitrogens with zero attached hydrogens (tertiary/aromatic N) is 4. The summed E-state index contributed by atoms with van der Waals surface area (Å²) in [4.78, 5) is 9.40. The highest BCUT2D eigenvalue weighted by Crippen LogP contribution is 2.45. The van der Waals surface area contributed by atoms with Gasteiger partial charge < -0.3 is 5.73 Å². The molecule has 122 valence electrons. The van der Waals surface area contributed by atoms with Crippen LogP contribution in [0.3, 0.4) is 0 Å². The van der Waals surface area contributed by atoms with Crippen molar-refractivity contribution in [2.45, 2.75) is 37.6 Å². The van der Waals surface area contributed by atoms with Crippen LogP contribution in [0.25, 0.3) is 22.3 Å². The quantitative estimate of drug-likeness (QED) is 0.801. The van der Waals surface area contributed by atoms with Crippen LogP contribution in [-0.2, 0) is 0 Å². The van der Waals surface area contributed by atoms with Crippen molar-refractivity contribution < 1.29 is 0 Å². The van der Waals surface area contributed by atoms with Crippen molar-refractivity contribution in [2.24, 2.45) is 11.7 Å². The van der Waals surface area contributed by atoms with Crippen LogP contribution in [0.15, 0.2) is 36.7 Å². The molecular formula is C19H21N5. The van der Waals surface area contributed by atoms with Gasteiger partial charge >= 0.3 is 0 Å². The van der Waals surface area contributed by atoms with Gasteiger partial charge in [0.25, 0.3) is 0 Å². The fraction of sp³-hybridized carbons (Fsp3) is 0.421. The predicted octanol–water partition coefficient (Wildman–Crippen LogP) is 3.28. The molecule has 2 aliphatic rings. The summed E-state index contributed by atoms with van der Waals surface area (Å²) in [6.07, 6.45) is 8.83. The Labute approximate surface area is 140 Å². The molecule has 0 amide bonds.